The van der Waals surface area contributed by atoms with Crippen LogP contribution in [0.15, 0.2) is 35.1 Å². The molecule has 7 heteroatoms. The van der Waals surface area contributed by atoms with Crippen molar-refractivity contribution in [3.05, 3.63) is 41.1 Å². The van der Waals surface area contributed by atoms with Crippen LogP contribution in [0.1, 0.15) is 43.7 Å². The SMILES string of the molecule is CCN(C(=O)CSc1nnnn1-c1cc(C)cc(C)c1)C1=CCCCC1. The summed E-state index contributed by atoms with van der Waals surface area (Å²) in [6.07, 6.45) is 6.64. The molecule has 26 heavy (non-hydrogen) atoms. The van der Waals surface area contributed by atoms with Gasteiger partial charge in [-0.2, -0.15) is 4.68 Å². The molecule has 0 atom stereocenters. The molecule has 0 aliphatic heterocycles. The first-order valence-corrected chi connectivity index (χ1v) is 10.1. The summed E-state index contributed by atoms with van der Waals surface area (Å²) >= 11 is 1.38. The largest absolute Gasteiger partial charge is 0.316 e. The molecular formula is C19H25N5OS. The number of benzene rings is 1. The molecule has 0 bridgehead atoms. The average Bonchev–Trinajstić information content (AvgIpc) is 3.09. The number of thioether (sulfide) groups is 1. The van der Waals surface area contributed by atoms with E-state index in [-0.39, 0.29) is 5.91 Å². The third kappa shape index (κ3) is 4.33. The normalized spacial score (nSPS) is 14.2. The second-order valence-electron chi connectivity index (χ2n) is 6.59. The van der Waals surface area contributed by atoms with Gasteiger partial charge in [0.2, 0.25) is 11.1 Å². The second kappa shape index (κ2) is 8.49. The van der Waals surface area contributed by atoms with E-state index in [0.29, 0.717) is 17.5 Å². The molecule has 1 amide bonds. The van der Waals surface area contributed by atoms with Crippen LogP contribution in [0.25, 0.3) is 5.69 Å². The number of nitrogens with zero attached hydrogens (tertiary/aromatic N) is 5. The van der Waals surface area contributed by atoms with Crippen molar-refractivity contribution in [2.24, 2.45) is 0 Å². The first kappa shape index (κ1) is 18.6. The van der Waals surface area contributed by atoms with Gasteiger partial charge in [-0.3, -0.25) is 4.79 Å². The maximum Gasteiger partial charge on any atom is 0.237 e. The molecule has 0 saturated carbocycles. The number of allylic oxidation sites excluding steroid dienone is 2. The van der Waals surface area contributed by atoms with Crippen LogP contribution in [0.3, 0.4) is 0 Å². The van der Waals surface area contributed by atoms with Crippen LogP contribution in [0.2, 0.25) is 0 Å². The number of hydrogen-bond acceptors (Lipinski definition) is 5. The van der Waals surface area contributed by atoms with E-state index in [1.165, 1.54) is 23.9 Å². The predicted octanol–water partition coefficient (Wildman–Crippen LogP) is 3.68. The smallest absolute Gasteiger partial charge is 0.237 e. The standard InChI is InChI=1S/C19H25N5OS/c1-4-23(16-8-6-5-7-9-16)18(25)13-26-19-20-21-22-24(19)17-11-14(2)10-15(3)12-17/h8,10-12H,4-7,9,13H2,1-3H3. The van der Waals surface area contributed by atoms with Gasteiger partial charge < -0.3 is 4.90 Å². The van der Waals surface area contributed by atoms with Crippen LogP contribution in [0.4, 0.5) is 0 Å². The second-order valence-corrected chi connectivity index (χ2v) is 7.53. The van der Waals surface area contributed by atoms with E-state index < -0.39 is 0 Å². The summed E-state index contributed by atoms with van der Waals surface area (Å²) in [5, 5.41) is 12.6. The number of amides is 1. The molecular weight excluding hydrogens is 346 g/mol. The van der Waals surface area contributed by atoms with Gasteiger partial charge >= 0.3 is 0 Å². The Morgan fingerprint density at radius 2 is 2.00 bits per heavy atom. The van der Waals surface area contributed by atoms with Crippen molar-refractivity contribution in [2.45, 2.75) is 51.6 Å². The van der Waals surface area contributed by atoms with Crippen molar-refractivity contribution in [1.29, 1.82) is 0 Å². The molecule has 1 aliphatic rings. The van der Waals surface area contributed by atoms with Crippen LogP contribution >= 0.6 is 11.8 Å². The summed E-state index contributed by atoms with van der Waals surface area (Å²) in [4.78, 5) is 14.6. The highest BCUT2D eigenvalue weighted by Crippen LogP contribution is 2.24. The summed E-state index contributed by atoms with van der Waals surface area (Å²) in [6, 6.07) is 6.20. The van der Waals surface area contributed by atoms with Crippen LogP contribution < -0.4 is 0 Å². The lowest BCUT2D eigenvalue weighted by Gasteiger charge is -2.26. The Labute approximate surface area is 158 Å². The quantitative estimate of drug-likeness (QED) is 0.725. The minimum atomic E-state index is 0.112. The van der Waals surface area contributed by atoms with Gasteiger partial charge in [0, 0.05) is 12.2 Å². The summed E-state index contributed by atoms with van der Waals surface area (Å²) in [7, 11) is 0. The van der Waals surface area contributed by atoms with Gasteiger partial charge in [0.1, 0.15) is 0 Å². The van der Waals surface area contributed by atoms with E-state index >= 15 is 0 Å². The molecule has 0 saturated heterocycles. The molecule has 1 aromatic carbocycles. The summed E-state index contributed by atoms with van der Waals surface area (Å²) in [6.45, 7) is 6.83. The first-order chi connectivity index (χ1) is 12.6. The van der Waals surface area contributed by atoms with Gasteiger partial charge in [0.05, 0.1) is 11.4 Å². The average molecular weight is 372 g/mol. The fraction of sp³-hybridized carbons (Fsp3) is 0.474. The number of aromatic nitrogens is 4. The number of rotatable bonds is 6. The number of hydrogen-bond donors (Lipinski definition) is 0. The Morgan fingerprint density at radius 1 is 1.23 bits per heavy atom. The van der Waals surface area contributed by atoms with Gasteiger partial charge in [-0.15, -0.1) is 5.10 Å². The lowest BCUT2D eigenvalue weighted by Crippen LogP contribution is -2.32. The van der Waals surface area contributed by atoms with Crippen molar-refractivity contribution in [3.63, 3.8) is 0 Å². The number of aryl methyl sites for hydroxylation is 2. The topological polar surface area (TPSA) is 63.9 Å². The van der Waals surface area contributed by atoms with Gasteiger partial charge in [0.15, 0.2) is 0 Å². The summed E-state index contributed by atoms with van der Waals surface area (Å²) < 4.78 is 1.70. The minimum absolute atomic E-state index is 0.112. The third-order valence-electron chi connectivity index (χ3n) is 4.45. The van der Waals surface area contributed by atoms with Crippen molar-refractivity contribution in [1.82, 2.24) is 25.1 Å². The van der Waals surface area contributed by atoms with Gasteiger partial charge in [-0.05, 0) is 80.1 Å². The summed E-state index contributed by atoms with van der Waals surface area (Å²) in [5.41, 5.74) is 4.40. The molecule has 3 rings (SSSR count). The number of tetrazole rings is 1. The minimum Gasteiger partial charge on any atom is -0.316 e. The Bertz CT molecular complexity index is 794. The lowest BCUT2D eigenvalue weighted by atomic mass is 10.0. The molecule has 0 radical (unpaired) electrons. The molecule has 0 spiro atoms. The fourth-order valence-corrected chi connectivity index (χ4v) is 4.08. The van der Waals surface area contributed by atoms with Gasteiger partial charge in [-0.25, -0.2) is 0 Å². The molecule has 2 aromatic rings. The molecule has 1 aliphatic carbocycles. The van der Waals surface area contributed by atoms with E-state index in [1.54, 1.807) is 4.68 Å². The van der Waals surface area contributed by atoms with Gasteiger partial charge in [-0.1, -0.05) is 23.9 Å². The van der Waals surface area contributed by atoms with E-state index in [1.807, 2.05) is 37.8 Å². The Balaban J connectivity index is 1.71. The molecule has 138 valence electrons. The van der Waals surface area contributed by atoms with Crippen molar-refractivity contribution < 1.29 is 4.79 Å². The zero-order valence-corrected chi connectivity index (χ0v) is 16.4. The maximum absolute atomic E-state index is 12.7. The van der Waals surface area contributed by atoms with Crippen LogP contribution in [-0.2, 0) is 4.79 Å². The van der Waals surface area contributed by atoms with Crippen LogP contribution in [0, 0.1) is 13.8 Å². The van der Waals surface area contributed by atoms with Crippen molar-refractivity contribution >= 4 is 17.7 Å². The highest BCUT2D eigenvalue weighted by Gasteiger charge is 2.19. The molecule has 0 unspecified atom stereocenters. The highest BCUT2D eigenvalue weighted by molar-refractivity contribution is 7.99. The molecule has 6 nitrogen and oxygen atoms in total. The Morgan fingerprint density at radius 3 is 2.65 bits per heavy atom. The highest BCUT2D eigenvalue weighted by atomic mass is 32.2. The monoisotopic (exact) mass is 371 g/mol. The van der Waals surface area contributed by atoms with E-state index in [9.17, 15) is 4.79 Å². The number of carbonyl (C=O) groups is 1. The zero-order chi connectivity index (χ0) is 18.5. The van der Waals surface area contributed by atoms with Crippen molar-refractivity contribution in [2.75, 3.05) is 12.3 Å². The molecule has 0 N–H and O–H groups in total. The summed E-state index contributed by atoms with van der Waals surface area (Å²) in [5.74, 6) is 0.441. The van der Waals surface area contributed by atoms with E-state index in [0.717, 1.165) is 36.1 Å². The van der Waals surface area contributed by atoms with Crippen LogP contribution in [-0.4, -0.2) is 43.3 Å². The lowest BCUT2D eigenvalue weighted by molar-refractivity contribution is -0.126. The van der Waals surface area contributed by atoms with E-state index in [2.05, 4.69) is 27.7 Å². The fourth-order valence-electron chi connectivity index (χ4n) is 3.31. The first-order valence-electron chi connectivity index (χ1n) is 9.07. The van der Waals surface area contributed by atoms with E-state index in [4.69, 9.17) is 0 Å². The zero-order valence-electron chi connectivity index (χ0n) is 15.6. The predicted molar refractivity (Wildman–Crippen MR) is 103 cm³/mol. The molecule has 1 aromatic heterocycles. The van der Waals surface area contributed by atoms with Gasteiger partial charge in [0.25, 0.3) is 0 Å². The third-order valence-corrected chi connectivity index (χ3v) is 5.35. The maximum atomic E-state index is 12.7. The van der Waals surface area contributed by atoms with Crippen molar-refractivity contribution in [3.8, 4) is 5.69 Å². The molecule has 0 fully saturated rings. The Kier molecular flexibility index (Phi) is 6.08. The number of carbonyl (C=O) groups excluding carboxylic acids is 1. The Hall–Kier alpha value is -2.15. The van der Waals surface area contributed by atoms with Crippen LogP contribution in [0.5, 0.6) is 0 Å². The molecule has 1 heterocycles.